The molecule has 6 heteroatoms. The van der Waals surface area contributed by atoms with Gasteiger partial charge in [-0.1, -0.05) is 30.3 Å². The standard InChI is InChI=1S/C17H17FN2O3/c1-23-14-8-6-12(7-9-14)10-19-16(21)17(22)20-11-13-4-2-3-5-15(13)18/h2-9H,10-11H2,1H3,(H,19,21)(H,20,22). The zero-order chi connectivity index (χ0) is 16.7. The number of hydrogen-bond acceptors (Lipinski definition) is 3. The fourth-order valence-electron chi connectivity index (χ4n) is 1.90. The minimum Gasteiger partial charge on any atom is -0.497 e. The fourth-order valence-corrected chi connectivity index (χ4v) is 1.90. The summed E-state index contributed by atoms with van der Waals surface area (Å²) in [5.41, 5.74) is 1.16. The fraction of sp³-hybridized carbons (Fsp3) is 0.176. The maximum Gasteiger partial charge on any atom is 0.309 e. The third-order valence-electron chi connectivity index (χ3n) is 3.22. The van der Waals surface area contributed by atoms with E-state index in [1.54, 1.807) is 49.6 Å². The second-order valence-corrected chi connectivity index (χ2v) is 4.80. The van der Waals surface area contributed by atoms with Gasteiger partial charge in [-0.2, -0.15) is 0 Å². The van der Waals surface area contributed by atoms with Gasteiger partial charge >= 0.3 is 11.8 Å². The predicted molar refractivity (Wildman–Crippen MR) is 83.1 cm³/mol. The maximum absolute atomic E-state index is 13.4. The zero-order valence-corrected chi connectivity index (χ0v) is 12.6. The van der Waals surface area contributed by atoms with Crippen molar-refractivity contribution in [3.8, 4) is 5.75 Å². The minimum atomic E-state index is -0.804. The lowest BCUT2D eigenvalue weighted by atomic mass is 10.2. The van der Waals surface area contributed by atoms with Crippen molar-refractivity contribution in [2.45, 2.75) is 13.1 Å². The van der Waals surface area contributed by atoms with Crippen molar-refractivity contribution in [1.29, 1.82) is 0 Å². The van der Waals surface area contributed by atoms with E-state index in [9.17, 15) is 14.0 Å². The summed E-state index contributed by atoms with van der Waals surface area (Å²) in [6.07, 6.45) is 0. The lowest BCUT2D eigenvalue weighted by molar-refractivity contribution is -0.139. The van der Waals surface area contributed by atoms with E-state index < -0.39 is 17.6 Å². The molecule has 0 unspecified atom stereocenters. The second-order valence-electron chi connectivity index (χ2n) is 4.80. The Morgan fingerprint density at radius 3 is 2.17 bits per heavy atom. The van der Waals surface area contributed by atoms with E-state index in [4.69, 9.17) is 4.74 Å². The first kappa shape index (κ1) is 16.5. The average Bonchev–Trinajstić information content (AvgIpc) is 2.59. The Labute approximate surface area is 133 Å². The van der Waals surface area contributed by atoms with Gasteiger partial charge in [-0.15, -0.1) is 0 Å². The number of carbonyl (C=O) groups is 2. The molecule has 0 aliphatic rings. The molecule has 0 spiro atoms. The highest BCUT2D eigenvalue weighted by molar-refractivity contribution is 6.35. The first-order valence-corrected chi connectivity index (χ1v) is 7.02. The van der Waals surface area contributed by atoms with E-state index in [-0.39, 0.29) is 13.1 Å². The molecule has 0 aromatic heterocycles. The molecule has 5 nitrogen and oxygen atoms in total. The molecular formula is C17H17FN2O3. The van der Waals surface area contributed by atoms with Crippen molar-refractivity contribution in [2.24, 2.45) is 0 Å². The van der Waals surface area contributed by atoms with Crippen LogP contribution in [0.25, 0.3) is 0 Å². The highest BCUT2D eigenvalue weighted by atomic mass is 19.1. The quantitative estimate of drug-likeness (QED) is 0.826. The van der Waals surface area contributed by atoms with Gasteiger partial charge in [0.15, 0.2) is 0 Å². The average molecular weight is 316 g/mol. The minimum absolute atomic E-state index is 0.0402. The van der Waals surface area contributed by atoms with Gasteiger partial charge in [0.25, 0.3) is 0 Å². The van der Waals surface area contributed by atoms with Gasteiger partial charge in [-0.3, -0.25) is 9.59 Å². The predicted octanol–water partition coefficient (Wildman–Crippen LogP) is 1.77. The van der Waals surface area contributed by atoms with Crippen LogP contribution in [-0.4, -0.2) is 18.9 Å². The Morgan fingerprint density at radius 2 is 1.57 bits per heavy atom. The lowest BCUT2D eigenvalue weighted by Crippen LogP contribution is -2.39. The molecule has 2 aromatic rings. The Morgan fingerprint density at radius 1 is 0.957 bits per heavy atom. The number of halogens is 1. The molecule has 0 bridgehead atoms. The molecule has 2 N–H and O–H groups in total. The van der Waals surface area contributed by atoms with Crippen LogP contribution in [0, 0.1) is 5.82 Å². The van der Waals surface area contributed by atoms with Crippen LogP contribution in [0.4, 0.5) is 4.39 Å². The number of benzene rings is 2. The number of amides is 2. The maximum atomic E-state index is 13.4. The first-order chi connectivity index (χ1) is 11.1. The van der Waals surface area contributed by atoms with Gasteiger partial charge in [0.05, 0.1) is 7.11 Å². The van der Waals surface area contributed by atoms with Crippen LogP contribution in [0.2, 0.25) is 0 Å². The summed E-state index contributed by atoms with van der Waals surface area (Å²) in [7, 11) is 1.57. The summed E-state index contributed by atoms with van der Waals surface area (Å²) in [5, 5.41) is 4.88. The summed E-state index contributed by atoms with van der Waals surface area (Å²) < 4.78 is 18.4. The molecule has 0 aliphatic carbocycles. The molecule has 0 atom stereocenters. The molecule has 0 aliphatic heterocycles. The lowest BCUT2D eigenvalue weighted by Gasteiger charge is -2.08. The van der Waals surface area contributed by atoms with Crippen molar-refractivity contribution in [3.63, 3.8) is 0 Å². The molecule has 120 valence electrons. The normalized spacial score (nSPS) is 10.0. The smallest absolute Gasteiger partial charge is 0.309 e. The molecule has 0 heterocycles. The van der Waals surface area contributed by atoms with Crippen LogP contribution >= 0.6 is 0 Å². The van der Waals surface area contributed by atoms with Gasteiger partial charge in [-0.25, -0.2) is 4.39 Å². The Balaban J connectivity index is 1.80. The largest absolute Gasteiger partial charge is 0.497 e. The van der Waals surface area contributed by atoms with E-state index in [0.29, 0.717) is 11.3 Å². The third kappa shape index (κ3) is 4.81. The molecule has 2 aromatic carbocycles. The Hall–Kier alpha value is -2.89. The van der Waals surface area contributed by atoms with Crippen LogP contribution in [0.5, 0.6) is 5.75 Å². The van der Waals surface area contributed by atoms with Gasteiger partial charge in [0, 0.05) is 18.7 Å². The van der Waals surface area contributed by atoms with E-state index in [0.717, 1.165) is 5.56 Å². The van der Waals surface area contributed by atoms with Crippen LogP contribution in [0.3, 0.4) is 0 Å². The van der Waals surface area contributed by atoms with Gasteiger partial charge in [0.1, 0.15) is 11.6 Å². The van der Waals surface area contributed by atoms with E-state index in [1.807, 2.05) is 0 Å². The van der Waals surface area contributed by atoms with E-state index in [2.05, 4.69) is 10.6 Å². The van der Waals surface area contributed by atoms with Crippen molar-refractivity contribution >= 4 is 11.8 Å². The summed E-state index contributed by atoms with van der Waals surface area (Å²) >= 11 is 0. The molecule has 0 fully saturated rings. The summed E-state index contributed by atoms with van der Waals surface area (Å²) in [6, 6.07) is 13.2. The molecule has 0 radical (unpaired) electrons. The van der Waals surface area contributed by atoms with E-state index >= 15 is 0 Å². The number of carbonyl (C=O) groups excluding carboxylic acids is 2. The van der Waals surface area contributed by atoms with Crippen molar-refractivity contribution in [3.05, 3.63) is 65.5 Å². The summed E-state index contributed by atoms with van der Waals surface area (Å²) in [4.78, 5) is 23.4. The molecule has 0 saturated heterocycles. The third-order valence-corrected chi connectivity index (χ3v) is 3.22. The Kier molecular flexibility index (Phi) is 5.68. The van der Waals surface area contributed by atoms with Crippen LogP contribution in [0.15, 0.2) is 48.5 Å². The highest BCUT2D eigenvalue weighted by Crippen LogP contribution is 2.10. The highest BCUT2D eigenvalue weighted by Gasteiger charge is 2.13. The first-order valence-electron chi connectivity index (χ1n) is 7.02. The number of hydrogen-bond donors (Lipinski definition) is 2. The molecular weight excluding hydrogens is 299 g/mol. The molecule has 23 heavy (non-hydrogen) atoms. The van der Waals surface area contributed by atoms with Gasteiger partial charge in [0.2, 0.25) is 0 Å². The molecule has 0 saturated carbocycles. The molecule has 2 amide bonds. The van der Waals surface area contributed by atoms with E-state index in [1.165, 1.54) is 6.07 Å². The zero-order valence-electron chi connectivity index (χ0n) is 12.6. The van der Waals surface area contributed by atoms with Gasteiger partial charge < -0.3 is 15.4 Å². The van der Waals surface area contributed by atoms with Crippen LogP contribution in [-0.2, 0) is 22.7 Å². The monoisotopic (exact) mass is 316 g/mol. The SMILES string of the molecule is COc1ccc(CNC(=O)C(=O)NCc2ccccc2F)cc1. The topological polar surface area (TPSA) is 67.4 Å². The number of nitrogens with one attached hydrogen (secondary N) is 2. The second kappa shape index (κ2) is 7.93. The summed E-state index contributed by atoms with van der Waals surface area (Å²) in [6.45, 7) is 0.178. The van der Waals surface area contributed by atoms with Crippen LogP contribution < -0.4 is 15.4 Å². The van der Waals surface area contributed by atoms with Crippen molar-refractivity contribution < 1.29 is 18.7 Å². The molecule has 2 rings (SSSR count). The summed E-state index contributed by atoms with van der Waals surface area (Å²) in [5.74, 6) is -1.28. The number of rotatable bonds is 5. The van der Waals surface area contributed by atoms with Crippen molar-refractivity contribution in [1.82, 2.24) is 10.6 Å². The van der Waals surface area contributed by atoms with Gasteiger partial charge in [-0.05, 0) is 23.8 Å². The number of methoxy groups -OCH3 is 1. The van der Waals surface area contributed by atoms with Crippen molar-refractivity contribution in [2.75, 3.05) is 7.11 Å². The van der Waals surface area contributed by atoms with Crippen LogP contribution in [0.1, 0.15) is 11.1 Å². The Bertz CT molecular complexity index is 686. The number of ether oxygens (including phenoxy) is 1.